The van der Waals surface area contributed by atoms with Crippen LogP contribution in [0.25, 0.3) is 22.3 Å². The summed E-state index contributed by atoms with van der Waals surface area (Å²) < 4.78 is 77.6. The molecule has 0 atom stereocenters. The standard InChI is InChI=1S/C32H22Cl4F6N2O4S/c1-29(2,19-9-15(5-7-25(19)43(45)46)27-21(33)11-17(12-22(27)34)31(37,38)39)49-30(3,4)20-10-16(6-8-26(20)44(47)48)28-23(35)13-18(14-24(28)36)32(40,41)42/h5-14H,1-4H3. The highest BCUT2D eigenvalue weighted by molar-refractivity contribution is 8.01. The number of hydrogen-bond acceptors (Lipinski definition) is 5. The molecule has 0 aliphatic heterocycles. The van der Waals surface area contributed by atoms with E-state index in [0.29, 0.717) is 24.3 Å². The number of nitrogens with zero attached hydrogens (tertiary/aromatic N) is 2. The highest BCUT2D eigenvalue weighted by Crippen LogP contribution is 2.54. The fourth-order valence-corrected chi connectivity index (χ4v) is 8.67. The number of thioether (sulfide) groups is 1. The molecule has 0 saturated carbocycles. The van der Waals surface area contributed by atoms with Crippen LogP contribution in [-0.2, 0) is 21.8 Å². The van der Waals surface area contributed by atoms with Gasteiger partial charge in [-0.1, -0.05) is 46.4 Å². The smallest absolute Gasteiger partial charge is 0.258 e. The van der Waals surface area contributed by atoms with Crippen molar-refractivity contribution in [2.24, 2.45) is 0 Å². The zero-order valence-electron chi connectivity index (χ0n) is 25.5. The molecule has 6 nitrogen and oxygen atoms in total. The molecule has 0 heterocycles. The summed E-state index contributed by atoms with van der Waals surface area (Å²) in [4.78, 5) is 23.0. The average molecular weight is 786 g/mol. The minimum Gasteiger partial charge on any atom is -0.258 e. The normalized spacial score (nSPS) is 12.7. The van der Waals surface area contributed by atoms with Crippen LogP contribution in [0.15, 0.2) is 60.7 Å². The number of benzene rings is 4. The highest BCUT2D eigenvalue weighted by atomic mass is 35.5. The molecule has 0 radical (unpaired) electrons. The SMILES string of the molecule is CC(C)(SC(C)(C)c1cc(-c2c(Cl)cc(C(F)(F)F)cc2Cl)ccc1[N+](=O)[O-])c1cc(-c2c(Cl)cc(C(F)(F)F)cc2Cl)ccc1[N+](=O)[O-]. The Kier molecular flexibility index (Phi) is 10.6. The summed E-state index contributed by atoms with van der Waals surface area (Å²) in [5.74, 6) is 0. The Labute approximate surface area is 299 Å². The van der Waals surface area contributed by atoms with Crippen LogP contribution >= 0.6 is 58.2 Å². The van der Waals surface area contributed by atoms with Crippen LogP contribution in [0.3, 0.4) is 0 Å². The number of nitro benzene ring substituents is 2. The van der Waals surface area contributed by atoms with Crippen molar-refractivity contribution in [1.29, 1.82) is 0 Å². The van der Waals surface area contributed by atoms with E-state index < -0.39 is 42.8 Å². The Morgan fingerprint density at radius 1 is 0.551 bits per heavy atom. The maximum absolute atomic E-state index is 13.3. The number of rotatable bonds is 8. The van der Waals surface area contributed by atoms with Gasteiger partial charge in [-0.15, -0.1) is 11.8 Å². The quantitative estimate of drug-likeness (QED) is 0.101. The van der Waals surface area contributed by atoms with E-state index >= 15 is 0 Å². The molecule has 0 unspecified atom stereocenters. The fourth-order valence-electron chi connectivity index (χ4n) is 5.44. The summed E-state index contributed by atoms with van der Waals surface area (Å²) in [5.41, 5.74) is -2.36. The predicted octanol–water partition coefficient (Wildman–Crippen LogP) is 13.4. The highest BCUT2D eigenvalue weighted by Gasteiger charge is 2.40. The third kappa shape index (κ3) is 8.06. The lowest BCUT2D eigenvalue weighted by Gasteiger charge is -2.35. The van der Waals surface area contributed by atoms with Gasteiger partial charge in [-0.3, -0.25) is 20.2 Å². The molecule has 17 heteroatoms. The van der Waals surface area contributed by atoms with Crippen molar-refractivity contribution in [3.63, 3.8) is 0 Å². The molecule has 0 aromatic heterocycles. The van der Waals surface area contributed by atoms with E-state index in [0.717, 1.165) is 23.9 Å². The molecule has 0 N–H and O–H groups in total. The van der Waals surface area contributed by atoms with Crippen LogP contribution < -0.4 is 0 Å². The van der Waals surface area contributed by atoms with Crippen molar-refractivity contribution < 1.29 is 36.2 Å². The summed E-state index contributed by atoms with van der Waals surface area (Å²) >= 11 is 26.0. The van der Waals surface area contributed by atoms with Gasteiger partial charge in [-0.25, -0.2) is 0 Å². The maximum atomic E-state index is 13.3. The van der Waals surface area contributed by atoms with Crippen LogP contribution in [0.5, 0.6) is 0 Å². The number of hydrogen-bond donors (Lipinski definition) is 0. The van der Waals surface area contributed by atoms with E-state index in [-0.39, 0.29) is 64.8 Å². The van der Waals surface area contributed by atoms with Crippen LogP contribution in [-0.4, -0.2) is 9.85 Å². The number of alkyl halides is 6. The van der Waals surface area contributed by atoms with Gasteiger partial charge >= 0.3 is 12.4 Å². The molecular formula is C32H22Cl4F6N2O4S. The average Bonchev–Trinajstić information content (AvgIpc) is 2.94. The van der Waals surface area contributed by atoms with Crippen molar-refractivity contribution in [2.45, 2.75) is 49.5 Å². The second-order valence-corrected chi connectivity index (χ2v) is 15.6. The zero-order chi connectivity index (χ0) is 37.0. The first kappa shape index (κ1) is 38.6. The van der Waals surface area contributed by atoms with Crippen molar-refractivity contribution in [3.05, 3.63) is 123 Å². The van der Waals surface area contributed by atoms with Gasteiger partial charge < -0.3 is 0 Å². The Hall–Kier alpha value is -3.23. The minimum absolute atomic E-state index is 0.00109. The van der Waals surface area contributed by atoms with Crippen molar-refractivity contribution in [3.8, 4) is 22.3 Å². The van der Waals surface area contributed by atoms with E-state index in [1.54, 1.807) is 27.7 Å². The molecule has 260 valence electrons. The number of nitro groups is 2. The van der Waals surface area contributed by atoms with Gasteiger partial charge in [0.05, 0.1) is 41.1 Å². The molecular weight excluding hydrogens is 764 g/mol. The van der Waals surface area contributed by atoms with E-state index in [9.17, 15) is 46.6 Å². The predicted molar refractivity (Wildman–Crippen MR) is 181 cm³/mol. The lowest BCUT2D eigenvalue weighted by atomic mass is 9.93. The van der Waals surface area contributed by atoms with Gasteiger partial charge in [0.15, 0.2) is 0 Å². The molecule has 0 amide bonds. The topological polar surface area (TPSA) is 86.3 Å². The first-order valence-electron chi connectivity index (χ1n) is 13.8. The van der Waals surface area contributed by atoms with Crippen LogP contribution in [0.1, 0.15) is 49.9 Å². The minimum atomic E-state index is -4.74. The van der Waals surface area contributed by atoms with Gasteiger partial charge in [0, 0.05) is 43.9 Å². The van der Waals surface area contributed by atoms with Crippen LogP contribution in [0.4, 0.5) is 37.7 Å². The number of halogens is 10. The van der Waals surface area contributed by atoms with Gasteiger partial charge in [0.25, 0.3) is 11.4 Å². The van der Waals surface area contributed by atoms with Crippen LogP contribution in [0.2, 0.25) is 20.1 Å². The first-order chi connectivity index (χ1) is 22.3. The molecule has 0 aliphatic rings. The van der Waals surface area contributed by atoms with E-state index in [1.807, 2.05) is 0 Å². The summed E-state index contributed by atoms with van der Waals surface area (Å²) in [6.45, 7) is 6.45. The molecule has 0 saturated heterocycles. The third-order valence-corrected chi connectivity index (χ3v) is 10.2. The van der Waals surface area contributed by atoms with Crippen molar-refractivity contribution in [1.82, 2.24) is 0 Å². The second kappa shape index (κ2) is 13.5. The molecule has 0 spiro atoms. The lowest BCUT2D eigenvalue weighted by Crippen LogP contribution is -2.25. The van der Waals surface area contributed by atoms with Gasteiger partial charge in [-0.2, -0.15) is 26.3 Å². The molecule has 0 bridgehead atoms. The second-order valence-electron chi connectivity index (χ2n) is 11.7. The zero-order valence-corrected chi connectivity index (χ0v) is 29.3. The van der Waals surface area contributed by atoms with Gasteiger partial charge in [0.1, 0.15) is 0 Å². The fraction of sp³-hybridized carbons (Fsp3) is 0.250. The Bertz CT molecular complexity index is 1810. The largest absolute Gasteiger partial charge is 0.416 e. The molecule has 4 aromatic carbocycles. The Balaban J connectivity index is 1.86. The van der Waals surface area contributed by atoms with E-state index in [1.165, 1.54) is 24.3 Å². The molecule has 4 aromatic rings. The summed E-state index contributed by atoms with van der Waals surface area (Å²) in [6.07, 6.45) is -9.47. The molecule has 0 aliphatic carbocycles. The lowest BCUT2D eigenvalue weighted by molar-refractivity contribution is -0.385. The molecule has 4 rings (SSSR count). The monoisotopic (exact) mass is 784 g/mol. The molecule has 49 heavy (non-hydrogen) atoms. The summed E-state index contributed by atoms with van der Waals surface area (Å²) in [7, 11) is 0. The maximum Gasteiger partial charge on any atom is 0.416 e. The van der Waals surface area contributed by atoms with Crippen molar-refractivity contribution in [2.75, 3.05) is 0 Å². The van der Waals surface area contributed by atoms with Gasteiger partial charge in [-0.05, 0) is 87.4 Å². The Morgan fingerprint density at radius 3 is 1.08 bits per heavy atom. The Morgan fingerprint density at radius 2 is 0.837 bits per heavy atom. The van der Waals surface area contributed by atoms with E-state index in [2.05, 4.69) is 0 Å². The molecule has 0 fully saturated rings. The third-order valence-electron chi connectivity index (χ3n) is 7.51. The first-order valence-corrected chi connectivity index (χ1v) is 16.1. The van der Waals surface area contributed by atoms with E-state index in [4.69, 9.17) is 46.4 Å². The summed E-state index contributed by atoms with van der Waals surface area (Å²) in [6, 6.07) is 10.4. The summed E-state index contributed by atoms with van der Waals surface area (Å²) in [5, 5.41) is 22.9. The van der Waals surface area contributed by atoms with Crippen molar-refractivity contribution >= 4 is 69.5 Å². The van der Waals surface area contributed by atoms with Gasteiger partial charge in [0.2, 0.25) is 0 Å². The van der Waals surface area contributed by atoms with Crippen LogP contribution in [0, 0.1) is 20.2 Å².